The molecule has 1 aromatic carbocycles. The molecule has 1 rings (SSSR count). The van der Waals surface area contributed by atoms with E-state index in [4.69, 9.17) is 9.90 Å². The van der Waals surface area contributed by atoms with Crippen LogP contribution in [0.15, 0.2) is 30.3 Å². The molecule has 0 aliphatic rings. The zero-order chi connectivity index (χ0) is 11.0. The van der Waals surface area contributed by atoms with Crippen molar-refractivity contribution in [1.29, 1.82) is 0 Å². The van der Waals surface area contributed by atoms with Gasteiger partial charge in [0, 0.05) is 12.4 Å². The van der Waals surface area contributed by atoms with Crippen LogP contribution in [0.1, 0.15) is 19.4 Å². The average Bonchev–Trinajstić information content (AvgIpc) is 2.03. The highest BCUT2D eigenvalue weighted by atomic mass is 16.4. The first kappa shape index (κ1) is 12.7. The SMILES string of the molecule is CC(=O)[O-].CC([NH3+])Cc1ccccc1. The molecule has 3 N–H and O–H groups in total. The molecule has 1 atom stereocenters. The molecule has 0 aliphatic heterocycles. The Hall–Kier alpha value is -1.35. The lowest BCUT2D eigenvalue weighted by Gasteiger charge is -2.00. The lowest BCUT2D eigenvalue weighted by Crippen LogP contribution is -2.60. The molecule has 0 heterocycles. The Labute approximate surface area is 84.6 Å². The highest BCUT2D eigenvalue weighted by Gasteiger charge is 1.97. The molecule has 0 radical (unpaired) electrons. The minimum atomic E-state index is -1.08. The molecule has 3 nitrogen and oxygen atoms in total. The van der Waals surface area contributed by atoms with Gasteiger partial charge in [-0.2, -0.15) is 0 Å². The number of carbonyl (C=O) groups is 1. The number of hydrogen-bond donors (Lipinski definition) is 1. The van der Waals surface area contributed by atoms with Crippen molar-refractivity contribution in [1.82, 2.24) is 0 Å². The maximum Gasteiger partial charge on any atom is 0.0855 e. The molecule has 0 fully saturated rings. The van der Waals surface area contributed by atoms with Gasteiger partial charge in [-0.25, -0.2) is 0 Å². The molecule has 1 unspecified atom stereocenters. The summed E-state index contributed by atoms with van der Waals surface area (Å²) in [4.78, 5) is 8.89. The van der Waals surface area contributed by atoms with Gasteiger partial charge in [0.25, 0.3) is 0 Å². The Balaban J connectivity index is 0.000000364. The number of benzene rings is 1. The molecule has 3 heteroatoms. The zero-order valence-electron chi connectivity index (χ0n) is 8.69. The van der Waals surface area contributed by atoms with E-state index >= 15 is 0 Å². The summed E-state index contributed by atoms with van der Waals surface area (Å²) in [5, 5.41) is 8.89. The van der Waals surface area contributed by atoms with Gasteiger partial charge in [0.2, 0.25) is 0 Å². The normalized spacial score (nSPS) is 11.1. The number of quaternary nitrogens is 1. The topological polar surface area (TPSA) is 67.8 Å². The number of rotatable bonds is 2. The first-order valence-electron chi connectivity index (χ1n) is 4.57. The van der Waals surface area contributed by atoms with Crippen molar-refractivity contribution in [3.63, 3.8) is 0 Å². The van der Waals surface area contributed by atoms with Crippen LogP contribution < -0.4 is 10.8 Å². The molecule has 0 amide bonds. The lowest BCUT2D eigenvalue weighted by molar-refractivity contribution is -0.413. The zero-order valence-corrected chi connectivity index (χ0v) is 8.69. The van der Waals surface area contributed by atoms with Crippen LogP contribution in [-0.2, 0) is 11.2 Å². The Bertz CT molecular complexity index is 253. The van der Waals surface area contributed by atoms with Gasteiger partial charge in [-0.1, -0.05) is 30.3 Å². The van der Waals surface area contributed by atoms with Crippen LogP contribution in [-0.4, -0.2) is 12.0 Å². The molecule has 0 saturated heterocycles. The van der Waals surface area contributed by atoms with Crippen LogP contribution >= 0.6 is 0 Å². The molecular weight excluding hydrogens is 178 g/mol. The van der Waals surface area contributed by atoms with Crippen LogP contribution in [0.4, 0.5) is 0 Å². The van der Waals surface area contributed by atoms with E-state index in [1.165, 1.54) is 5.56 Å². The third-order valence-electron chi connectivity index (χ3n) is 1.43. The third-order valence-corrected chi connectivity index (χ3v) is 1.43. The van der Waals surface area contributed by atoms with Gasteiger partial charge in [-0.3, -0.25) is 0 Å². The van der Waals surface area contributed by atoms with Crippen LogP contribution in [0.5, 0.6) is 0 Å². The highest BCUT2D eigenvalue weighted by Crippen LogP contribution is 1.99. The lowest BCUT2D eigenvalue weighted by atomic mass is 10.1. The number of carboxylic acids is 1. The van der Waals surface area contributed by atoms with Crippen molar-refractivity contribution in [2.75, 3.05) is 0 Å². The molecule has 14 heavy (non-hydrogen) atoms. The smallest absolute Gasteiger partial charge is 0.0855 e. The van der Waals surface area contributed by atoms with E-state index in [0.717, 1.165) is 13.3 Å². The van der Waals surface area contributed by atoms with Gasteiger partial charge in [0.1, 0.15) is 0 Å². The van der Waals surface area contributed by atoms with Gasteiger partial charge in [-0.15, -0.1) is 0 Å². The first-order valence-corrected chi connectivity index (χ1v) is 4.57. The van der Waals surface area contributed by atoms with Crippen molar-refractivity contribution in [3.05, 3.63) is 35.9 Å². The molecule has 0 spiro atoms. The minimum Gasteiger partial charge on any atom is -0.550 e. The minimum absolute atomic E-state index is 0.516. The summed E-state index contributed by atoms with van der Waals surface area (Å²) in [5.41, 5.74) is 5.31. The van der Waals surface area contributed by atoms with Crippen LogP contribution in [0.3, 0.4) is 0 Å². The molecular formula is C11H17NO2. The third kappa shape index (κ3) is 8.74. The maximum atomic E-state index is 8.89. The number of carbonyl (C=O) groups excluding carboxylic acids is 1. The van der Waals surface area contributed by atoms with Crippen molar-refractivity contribution < 1.29 is 15.6 Å². The maximum absolute atomic E-state index is 8.89. The second kappa shape index (κ2) is 7.09. The molecule has 0 saturated carbocycles. The van der Waals surface area contributed by atoms with E-state index < -0.39 is 5.97 Å². The van der Waals surface area contributed by atoms with Crippen LogP contribution in [0.25, 0.3) is 0 Å². The van der Waals surface area contributed by atoms with Crippen molar-refractivity contribution >= 4 is 5.97 Å². The predicted octanol–water partition coefficient (Wildman–Crippen LogP) is -0.384. The standard InChI is InChI=1S/C9H13N.C2H4O2/c1-8(10)7-9-5-3-2-4-6-9;1-2(3)4/h2-6,8H,7,10H2,1H3;1H3,(H,3,4). The van der Waals surface area contributed by atoms with Gasteiger partial charge >= 0.3 is 0 Å². The van der Waals surface area contributed by atoms with E-state index in [0.29, 0.717) is 6.04 Å². The molecule has 0 bridgehead atoms. The van der Waals surface area contributed by atoms with E-state index in [-0.39, 0.29) is 0 Å². The number of hydrogen-bond acceptors (Lipinski definition) is 2. The fraction of sp³-hybridized carbons (Fsp3) is 0.364. The fourth-order valence-electron chi connectivity index (χ4n) is 1.02. The highest BCUT2D eigenvalue weighted by molar-refractivity contribution is 5.60. The molecule has 78 valence electrons. The molecule has 0 aliphatic carbocycles. The second-order valence-corrected chi connectivity index (χ2v) is 3.29. The first-order chi connectivity index (χ1) is 6.52. The van der Waals surface area contributed by atoms with Crippen LogP contribution in [0.2, 0.25) is 0 Å². The van der Waals surface area contributed by atoms with E-state index in [1.807, 2.05) is 6.07 Å². The summed E-state index contributed by atoms with van der Waals surface area (Å²) in [6, 6.07) is 11.0. The van der Waals surface area contributed by atoms with Crippen LogP contribution in [0, 0.1) is 0 Å². The Kier molecular flexibility index (Phi) is 6.41. The molecule has 1 aromatic rings. The molecule has 0 aromatic heterocycles. The largest absolute Gasteiger partial charge is 0.550 e. The fourth-order valence-corrected chi connectivity index (χ4v) is 1.02. The van der Waals surface area contributed by atoms with Gasteiger partial charge in [0.15, 0.2) is 0 Å². The van der Waals surface area contributed by atoms with Gasteiger partial charge in [-0.05, 0) is 19.4 Å². The summed E-state index contributed by atoms with van der Waals surface area (Å²) in [5.74, 6) is -1.08. The van der Waals surface area contributed by atoms with E-state index in [2.05, 4.69) is 36.9 Å². The second-order valence-electron chi connectivity index (χ2n) is 3.29. The summed E-state index contributed by atoms with van der Waals surface area (Å²) >= 11 is 0. The summed E-state index contributed by atoms with van der Waals surface area (Å²) in [6.45, 7) is 3.10. The van der Waals surface area contributed by atoms with Gasteiger partial charge < -0.3 is 15.6 Å². The van der Waals surface area contributed by atoms with Crippen molar-refractivity contribution in [3.8, 4) is 0 Å². The Morgan fingerprint density at radius 1 is 1.43 bits per heavy atom. The number of carboxylic acid groups (broad SMARTS) is 1. The predicted molar refractivity (Wildman–Crippen MR) is 53.2 cm³/mol. The quantitative estimate of drug-likeness (QED) is 0.698. The van der Waals surface area contributed by atoms with Crippen molar-refractivity contribution in [2.45, 2.75) is 26.3 Å². The van der Waals surface area contributed by atoms with Gasteiger partial charge in [0.05, 0.1) is 6.04 Å². The summed E-state index contributed by atoms with van der Waals surface area (Å²) in [6.07, 6.45) is 1.08. The number of aliphatic carboxylic acids is 1. The van der Waals surface area contributed by atoms with E-state index in [1.54, 1.807) is 0 Å². The monoisotopic (exact) mass is 195 g/mol. The summed E-state index contributed by atoms with van der Waals surface area (Å²) < 4.78 is 0. The van der Waals surface area contributed by atoms with E-state index in [9.17, 15) is 0 Å². The average molecular weight is 195 g/mol. The van der Waals surface area contributed by atoms with Crippen molar-refractivity contribution in [2.24, 2.45) is 0 Å². The Morgan fingerprint density at radius 2 is 1.86 bits per heavy atom. The Morgan fingerprint density at radius 3 is 2.21 bits per heavy atom. The summed E-state index contributed by atoms with van der Waals surface area (Å²) in [7, 11) is 0.